The first-order chi connectivity index (χ1) is 19.3. The highest BCUT2D eigenvalue weighted by Crippen LogP contribution is 2.29. The van der Waals surface area contributed by atoms with Crippen LogP contribution in [0.1, 0.15) is 49.6 Å². The highest BCUT2D eigenvalue weighted by atomic mass is 32.2. The summed E-state index contributed by atoms with van der Waals surface area (Å²) in [4.78, 5) is 41.7. The van der Waals surface area contributed by atoms with Gasteiger partial charge < -0.3 is 20.9 Å². The number of rotatable bonds is 11. The van der Waals surface area contributed by atoms with Gasteiger partial charge in [-0.25, -0.2) is 9.97 Å². The summed E-state index contributed by atoms with van der Waals surface area (Å²) in [6, 6.07) is 14.9. The minimum atomic E-state index is -0.167. The monoisotopic (exact) mass is 558 g/mol. The number of nitrogens with one attached hydrogen (secondary N) is 1. The molecule has 0 radical (unpaired) electrons. The van der Waals surface area contributed by atoms with E-state index in [1.54, 1.807) is 29.2 Å². The number of hydrogen-bond acceptors (Lipinski definition) is 9. The van der Waals surface area contributed by atoms with E-state index in [4.69, 9.17) is 10.7 Å². The number of nitrogens with zero attached hydrogens (tertiary/aromatic N) is 6. The van der Waals surface area contributed by atoms with Gasteiger partial charge in [-0.3, -0.25) is 14.6 Å². The Morgan fingerprint density at radius 2 is 1.82 bits per heavy atom. The van der Waals surface area contributed by atoms with Crippen LogP contribution in [-0.4, -0.2) is 63.2 Å². The van der Waals surface area contributed by atoms with Crippen molar-refractivity contribution in [3.8, 4) is 17.3 Å². The summed E-state index contributed by atoms with van der Waals surface area (Å²) in [6.07, 6.45) is 3.94. The molecule has 40 heavy (non-hydrogen) atoms. The molecule has 1 fully saturated rings. The number of anilines is 2. The van der Waals surface area contributed by atoms with Crippen LogP contribution in [0.2, 0.25) is 0 Å². The second-order valence-corrected chi connectivity index (χ2v) is 10.7. The number of aromatic nitrogens is 3. The number of likely N-dealkylation sites (tertiary alicyclic amines) is 1. The second kappa shape index (κ2) is 13.9. The van der Waals surface area contributed by atoms with Gasteiger partial charge in [0, 0.05) is 37.4 Å². The van der Waals surface area contributed by atoms with Crippen LogP contribution in [0.3, 0.4) is 0 Å². The van der Waals surface area contributed by atoms with Crippen molar-refractivity contribution in [1.82, 2.24) is 24.8 Å². The molecule has 1 aliphatic heterocycles. The van der Waals surface area contributed by atoms with Crippen molar-refractivity contribution >= 4 is 35.1 Å². The summed E-state index contributed by atoms with van der Waals surface area (Å²) in [7, 11) is 1.82. The van der Waals surface area contributed by atoms with E-state index in [-0.39, 0.29) is 23.2 Å². The van der Waals surface area contributed by atoms with Crippen LogP contribution in [0.25, 0.3) is 11.3 Å². The van der Waals surface area contributed by atoms with Crippen molar-refractivity contribution in [1.29, 1.82) is 5.26 Å². The van der Waals surface area contributed by atoms with Gasteiger partial charge in [0.2, 0.25) is 11.8 Å². The van der Waals surface area contributed by atoms with Crippen molar-refractivity contribution in [2.45, 2.75) is 50.1 Å². The smallest absolute Gasteiger partial charge is 0.222 e. The third-order valence-corrected chi connectivity index (χ3v) is 7.49. The zero-order valence-electron chi connectivity index (χ0n) is 22.9. The predicted molar refractivity (Wildman–Crippen MR) is 156 cm³/mol. The lowest BCUT2D eigenvalue weighted by Crippen LogP contribution is -2.28. The van der Waals surface area contributed by atoms with Crippen LogP contribution in [0.4, 0.5) is 11.5 Å². The molecular weight excluding hydrogens is 524 g/mol. The van der Waals surface area contributed by atoms with Gasteiger partial charge in [0.15, 0.2) is 5.16 Å². The molecule has 2 aromatic heterocycles. The lowest BCUT2D eigenvalue weighted by Gasteiger charge is -2.19. The maximum Gasteiger partial charge on any atom is 0.222 e. The number of nitriles is 1. The lowest BCUT2D eigenvalue weighted by molar-refractivity contribution is -0.130. The van der Waals surface area contributed by atoms with Gasteiger partial charge in [0.1, 0.15) is 17.5 Å². The maximum atomic E-state index is 12.6. The predicted octanol–water partition coefficient (Wildman–Crippen LogP) is 4.08. The molecule has 2 amide bonds. The van der Waals surface area contributed by atoms with Crippen molar-refractivity contribution < 1.29 is 9.59 Å². The number of hydrogen-bond donors (Lipinski definition) is 2. The molecule has 1 saturated heterocycles. The lowest BCUT2D eigenvalue weighted by atomic mass is 10.1. The fourth-order valence-electron chi connectivity index (χ4n) is 4.57. The summed E-state index contributed by atoms with van der Waals surface area (Å²) in [5.41, 5.74) is 9.71. The first kappa shape index (κ1) is 29.0. The Hall–Kier alpha value is -4.01. The number of carbonyl (C=O) groups excluding carboxylic acids is 2. The highest BCUT2D eigenvalue weighted by Gasteiger charge is 2.16. The fourth-order valence-corrected chi connectivity index (χ4v) is 5.33. The molecule has 4 rings (SSSR count). The van der Waals surface area contributed by atoms with Crippen LogP contribution in [0, 0.1) is 11.3 Å². The Balaban J connectivity index is 1.37. The topological polar surface area (TPSA) is 141 Å². The van der Waals surface area contributed by atoms with E-state index in [0.29, 0.717) is 40.8 Å². The number of nitrogen functional groups attached to an aromatic ring is 1. The van der Waals surface area contributed by atoms with Crippen LogP contribution >= 0.6 is 11.8 Å². The molecule has 0 atom stereocenters. The molecule has 0 unspecified atom stereocenters. The van der Waals surface area contributed by atoms with Crippen molar-refractivity contribution in [2.24, 2.45) is 0 Å². The normalized spacial score (nSPS) is 13.1. The van der Waals surface area contributed by atoms with Crippen LogP contribution in [-0.2, 0) is 21.9 Å². The van der Waals surface area contributed by atoms with E-state index in [0.717, 1.165) is 37.4 Å². The van der Waals surface area contributed by atoms with Gasteiger partial charge in [-0.15, -0.1) is 0 Å². The number of benzene rings is 1. The standard InChI is InChI=1S/C29H34N8O2S/c1-20(38)32-22-12-10-21(11-13-22)27-25(17-30)28(31)35-29(34-27)40-19-24-8-5-7-23(33-24)18-36(2)26(39)9-6-16-37-14-3-4-15-37/h5,7-8,10-13H,3-4,6,9,14-16,18-19H2,1-2H3,(H,32,38)(H2,31,34,35). The average Bonchev–Trinajstić information content (AvgIpc) is 3.45. The molecule has 0 bridgehead atoms. The summed E-state index contributed by atoms with van der Waals surface area (Å²) < 4.78 is 0. The molecule has 3 heterocycles. The maximum absolute atomic E-state index is 12.6. The molecule has 3 aromatic rings. The molecular formula is C29H34N8O2S. The van der Waals surface area contributed by atoms with E-state index in [1.165, 1.54) is 31.5 Å². The molecule has 208 valence electrons. The summed E-state index contributed by atoms with van der Waals surface area (Å²) in [5, 5.41) is 12.8. The number of pyridine rings is 1. The summed E-state index contributed by atoms with van der Waals surface area (Å²) in [6.45, 7) is 5.16. The minimum absolute atomic E-state index is 0.104. The van der Waals surface area contributed by atoms with Crippen LogP contribution in [0.5, 0.6) is 0 Å². The minimum Gasteiger partial charge on any atom is -0.382 e. The van der Waals surface area contributed by atoms with Crippen molar-refractivity contribution in [2.75, 3.05) is 37.7 Å². The van der Waals surface area contributed by atoms with Gasteiger partial charge in [0.25, 0.3) is 0 Å². The Morgan fingerprint density at radius 3 is 2.52 bits per heavy atom. The molecule has 0 spiro atoms. The Labute approximate surface area is 239 Å². The number of amides is 2. The quantitative estimate of drug-likeness (QED) is 0.263. The van der Waals surface area contributed by atoms with E-state index >= 15 is 0 Å². The third kappa shape index (κ3) is 8.00. The molecule has 11 heteroatoms. The number of thioether (sulfide) groups is 1. The van der Waals surface area contributed by atoms with Crippen LogP contribution in [0.15, 0.2) is 47.6 Å². The van der Waals surface area contributed by atoms with Crippen LogP contribution < -0.4 is 11.1 Å². The second-order valence-electron chi connectivity index (χ2n) is 9.80. The average molecular weight is 559 g/mol. The Kier molecular flexibility index (Phi) is 10.0. The zero-order chi connectivity index (χ0) is 28.5. The molecule has 10 nitrogen and oxygen atoms in total. The van der Waals surface area contributed by atoms with E-state index < -0.39 is 0 Å². The SMILES string of the molecule is CC(=O)Nc1ccc(-c2nc(SCc3cccc(CN(C)C(=O)CCCN4CCCC4)n3)nc(N)c2C#N)cc1. The molecule has 0 saturated carbocycles. The van der Waals surface area contributed by atoms with E-state index in [9.17, 15) is 14.9 Å². The first-order valence-corrected chi connectivity index (χ1v) is 14.3. The molecule has 3 N–H and O–H groups in total. The highest BCUT2D eigenvalue weighted by molar-refractivity contribution is 7.98. The van der Waals surface area contributed by atoms with Gasteiger partial charge in [-0.05, 0) is 63.2 Å². The summed E-state index contributed by atoms with van der Waals surface area (Å²) >= 11 is 1.37. The fraction of sp³-hybridized carbons (Fsp3) is 0.379. The number of nitrogens with two attached hydrogens (primary N) is 1. The molecule has 0 aliphatic carbocycles. The Bertz CT molecular complexity index is 1380. The molecule has 1 aromatic carbocycles. The Morgan fingerprint density at radius 1 is 1.10 bits per heavy atom. The van der Waals surface area contributed by atoms with Gasteiger partial charge in [-0.2, -0.15) is 5.26 Å². The first-order valence-electron chi connectivity index (χ1n) is 13.3. The van der Waals surface area contributed by atoms with Crippen molar-refractivity contribution in [3.63, 3.8) is 0 Å². The number of carbonyl (C=O) groups is 2. The zero-order valence-corrected chi connectivity index (χ0v) is 23.7. The van der Waals surface area contributed by atoms with Gasteiger partial charge in [-0.1, -0.05) is 30.0 Å². The third-order valence-electron chi connectivity index (χ3n) is 6.61. The molecule has 1 aliphatic rings. The van der Waals surface area contributed by atoms with E-state index in [2.05, 4.69) is 26.3 Å². The summed E-state index contributed by atoms with van der Waals surface area (Å²) in [5.74, 6) is 0.555. The van der Waals surface area contributed by atoms with Gasteiger partial charge >= 0.3 is 0 Å². The van der Waals surface area contributed by atoms with Gasteiger partial charge in [0.05, 0.1) is 23.6 Å². The van der Waals surface area contributed by atoms with Crippen molar-refractivity contribution in [3.05, 3.63) is 59.4 Å². The largest absolute Gasteiger partial charge is 0.382 e. The van der Waals surface area contributed by atoms with E-state index in [1.807, 2.05) is 25.2 Å².